The molecule has 1 fully saturated rings. The Kier molecular flexibility index (Phi) is 6.17. The number of hydrogen-bond donors (Lipinski definition) is 2. The van der Waals surface area contributed by atoms with Crippen LogP contribution in [0, 0.1) is 5.92 Å². The molecule has 136 valence electrons. The number of benzene rings is 2. The number of nitrogens with one attached hydrogen (secondary N) is 2. The molecule has 0 aromatic heterocycles. The Hall–Kier alpha value is -2.47. The Morgan fingerprint density at radius 3 is 2.50 bits per heavy atom. The second-order valence-corrected chi connectivity index (χ2v) is 7.10. The van der Waals surface area contributed by atoms with Crippen LogP contribution in [0.1, 0.15) is 19.8 Å². The van der Waals surface area contributed by atoms with Gasteiger partial charge in [-0.2, -0.15) is 0 Å². The van der Waals surface area contributed by atoms with Gasteiger partial charge in [0.25, 0.3) is 0 Å². The molecule has 2 amide bonds. The van der Waals surface area contributed by atoms with Crippen LogP contribution in [0.3, 0.4) is 0 Å². The summed E-state index contributed by atoms with van der Waals surface area (Å²) in [7, 11) is 0. The van der Waals surface area contributed by atoms with Crippen molar-refractivity contribution >= 4 is 35.0 Å². The SMILES string of the molecule is CCOc1ccccc1NC(=O)CSc1ccc(NC(=O)C2CC2)cc1. The summed E-state index contributed by atoms with van der Waals surface area (Å²) in [5.74, 6) is 1.16. The average molecular weight is 370 g/mol. The number of carbonyl (C=O) groups excluding carboxylic acids is 2. The standard InChI is InChI=1S/C20H22N2O3S/c1-2-25-18-6-4-3-5-17(18)22-19(23)13-26-16-11-9-15(10-12-16)21-20(24)14-7-8-14/h3-6,9-12,14H,2,7-8,13H2,1H3,(H,21,24)(H,22,23). The Morgan fingerprint density at radius 1 is 1.08 bits per heavy atom. The Bertz CT molecular complexity index is 773. The molecule has 0 unspecified atom stereocenters. The van der Waals surface area contributed by atoms with Crippen molar-refractivity contribution in [2.24, 2.45) is 5.92 Å². The lowest BCUT2D eigenvalue weighted by Gasteiger charge is -2.11. The van der Waals surface area contributed by atoms with E-state index in [1.807, 2.05) is 55.5 Å². The molecule has 0 atom stereocenters. The van der Waals surface area contributed by atoms with Crippen molar-refractivity contribution in [2.45, 2.75) is 24.7 Å². The van der Waals surface area contributed by atoms with E-state index in [2.05, 4.69) is 10.6 Å². The third-order valence-electron chi connectivity index (χ3n) is 3.90. The maximum atomic E-state index is 12.2. The molecule has 1 aliphatic carbocycles. The Morgan fingerprint density at radius 2 is 1.81 bits per heavy atom. The largest absolute Gasteiger partial charge is 0.492 e. The van der Waals surface area contributed by atoms with Gasteiger partial charge in [-0.05, 0) is 56.2 Å². The molecule has 2 aromatic carbocycles. The van der Waals surface area contributed by atoms with E-state index < -0.39 is 0 Å². The molecule has 2 N–H and O–H groups in total. The summed E-state index contributed by atoms with van der Waals surface area (Å²) < 4.78 is 5.51. The third kappa shape index (κ3) is 5.26. The van der Waals surface area contributed by atoms with E-state index in [1.165, 1.54) is 11.8 Å². The van der Waals surface area contributed by atoms with Gasteiger partial charge in [0, 0.05) is 16.5 Å². The molecule has 0 saturated heterocycles. The Labute approximate surface area is 157 Å². The zero-order chi connectivity index (χ0) is 18.4. The van der Waals surface area contributed by atoms with Crippen molar-refractivity contribution in [1.29, 1.82) is 0 Å². The molecule has 6 heteroatoms. The number of carbonyl (C=O) groups is 2. The van der Waals surface area contributed by atoms with Crippen LogP contribution in [-0.4, -0.2) is 24.2 Å². The van der Waals surface area contributed by atoms with Crippen molar-refractivity contribution in [2.75, 3.05) is 23.0 Å². The number of thioether (sulfide) groups is 1. The van der Waals surface area contributed by atoms with Crippen molar-refractivity contribution < 1.29 is 14.3 Å². The molecule has 0 bridgehead atoms. The second-order valence-electron chi connectivity index (χ2n) is 6.05. The zero-order valence-corrected chi connectivity index (χ0v) is 15.5. The van der Waals surface area contributed by atoms with E-state index in [0.29, 0.717) is 23.8 Å². The highest BCUT2D eigenvalue weighted by molar-refractivity contribution is 8.00. The van der Waals surface area contributed by atoms with E-state index >= 15 is 0 Å². The van der Waals surface area contributed by atoms with Crippen LogP contribution in [0.15, 0.2) is 53.4 Å². The normalized spacial score (nSPS) is 13.1. The third-order valence-corrected chi connectivity index (χ3v) is 4.91. The van der Waals surface area contributed by atoms with Gasteiger partial charge in [0.15, 0.2) is 0 Å². The zero-order valence-electron chi connectivity index (χ0n) is 14.7. The van der Waals surface area contributed by atoms with Gasteiger partial charge in [0.2, 0.25) is 11.8 Å². The molecular formula is C20H22N2O3S. The molecule has 1 aliphatic rings. The van der Waals surface area contributed by atoms with Crippen LogP contribution < -0.4 is 15.4 Å². The summed E-state index contributed by atoms with van der Waals surface area (Å²) in [6.07, 6.45) is 1.97. The van der Waals surface area contributed by atoms with Gasteiger partial charge < -0.3 is 15.4 Å². The van der Waals surface area contributed by atoms with Crippen LogP contribution >= 0.6 is 11.8 Å². The summed E-state index contributed by atoms with van der Waals surface area (Å²) in [6, 6.07) is 14.9. The first kappa shape index (κ1) is 18.3. The molecule has 1 saturated carbocycles. The molecule has 0 spiro atoms. The van der Waals surface area contributed by atoms with Crippen LogP contribution in [0.2, 0.25) is 0 Å². The van der Waals surface area contributed by atoms with Crippen LogP contribution in [0.25, 0.3) is 0 Å². The number of anilines is 2. The van der Waals surface area contributed by atoms with Crippen molar-refractivity contribution in [3.63, 3.8) is 0 Å². The number of ether oxygens (including phenoxy) is 1. The molecule has 5 nitrogen and oxygen atoms in total. The first-order valence-electron chi connectivity index (χ1n) is 8.71. The quantitative estimate of drug-likeness (QED) is 0.685. The average Bonchev–Trinajstić information content (AvgIpc) is 3.48. The highest BCUT2D eigenvalue weighted by Gasteiger charge is 2.29. The lowest BCUT2D eigenvalue weighted by molar-refractivity contribution is -0.117. The minimum atomic E-state index is -0.0896. The minimum Gasteiger partial charge on any atom is -0.492 e. The first-order chi connectivity index (χ1) is 12.7. The summed E-state index contributed by atoms with van der Waals surface area (Å²) in [5, 5.41) is 5.79. The fraction of sp³-hybridized carbons (Fsp3) is 0.300. The fourth-order valence-corrected chi connectivity index (χ4v) is 3.11. The van der Waals surface area contributed by atoms with Crippen molar-refractivity contribution in [1.82, 2.24) is 0 Å². The van der Waals surface area contributed by atoms with E-state index in [-0.39, 0.29) is 17.7 Å². The molecule has 2 aromatic rings. The Balaban J connectivity index is 1.49. The van der Waals surface area contributed by atoms with E-state index in [4.69, 9.17) is 4.74 Å². The van der Waals surface area contributed by atoms with Gasteiger partial charge in [-0.3, -0.25) is 9.59 Å². The van der Waals surface area contributed by atoms with E-state index in [1.54, 1.807) is 0 Å². The van der Waals surface area contributed by atoms with Crippen molar-refractivity contribution in [3.8, 4) is 5.75 Å². The maximum absolute atomic E-state index is 12.2. The van der Waals surface area contributed by atoms with Gasteiger partial charge >= 0.3 is 0 Å². The molecule has 0 aliphatic heterocycles. The van der Waals surface area contributed by atoms with Gasteiger partial charge in [-0.1, -0.05) is 12.1 Å². The summed E-state index contributed by atoms with van der Waals surface area (Å²) in [6.45, 7) is 2.45. The number of hydrogen-bond acceptors (Lipinski definition) is 4. The molecule has 0 heterocycles. The van der Waals surface area contributed by atoms with Crippen LogP contribution in [-0.2, 0) is 9.59 Å². The number of para-hydroxylation sites is 2. The lowest BCUT2D eigenvalue weighted by atomic mass is 10.3. The number of rotatable bonds is 8. The van der Waals surface area contributed by atoms with Crippen LogP contribution in [0.5, 0.6) is 5.75 Å². The molecule has 3 rings (SSSR count). The molecular weight excluding hydrogens is 348 g/mol. The number of amides is 2. The van der Waals surface area contributed by atoms with Crippen LogP contribution in [0.4, 0.5) is 11.4 Å². The van der Waals surface area contributed by atoms with Gasteiger partial charge in [-0.25, -0.2) is 0 Å². The smallest absolute Gasteiger partial charge is 0.234 e. The molecule has 0 radical (unpaired) electrons. The predicted molar refractivity (Wildman–Crippen MR) is 105 cm³/mol. The highest BCUT2D eigenvalue weighted by Crippen LogP contribution is 2.30. The maximum Gasteiger partial charge on any atom is 0.234 e. The minimum absolute atomic E-state index is 0.0896. The predicted octanol–water partition coefficient (Wildman–Crippen LogP) is 4.16. The summed E-state index contributed by atoms with van der Waals surface area (Å²) >= 11 is 1.45. The highest BCUT2D eigenvalue weighted by atomic mass is 32.2. The summed E-state index contributed by atoms with van der Waals surface area (Å²) in [4.78, 5) is 24.9. The van der Waals surface area contributed by atoms with Gasteiger partial charge in [0.1, 0.15) is 5.75 Å². The topological polar surface area (TPSA) is 67.4 Å². The van der Waals surface area contributed by atoms with E-state index in [0.717, 1.165) is 23.4 Å². The lowest BCUT2D eigenvalue weighted by Crippen LogP contribution is -2.15. The summed E-state index contributed by atoms with van der Waals surface area (Å²) in [5.41, 5.74) is 1.47. The van der Waals surface area contributed by atoms with Gasteiger partial charge in [-0.15, -0.1) is 11.8 Å². The fourth-order valence-electron chi connectivity index (χ4n) is 2.41. The van der Waals surface area contributed by atoms with E-state index in [9.17, 15) is 9.59 Å². The molecule has 26 heavy (non-hydrogen) atoms. The first-order valence-corrected chi connectivity index (χ1v) is 9.69. The van der Waals surface area contributed by atoms with Crippen molar-refractivity contribution in [3.05, 3.63) is 48.5 Å². The monoisotopic (exact) mass is 370 g/mol. The second kappa shape index (κ2) is 8.76. The van der Waals surface area contributed by atoms with Gasteiger partial charge in [0.05, 0.1) is 18.0 Å².